The quantitative estimate of drug-likeness (QED) is 0.865. The fourth-order valence-corrected chi connectivity index (χ4v) is 1.98. The molecular weight excluding hydrogens is 269 g/mol. The molecule has 21 heavy (non-hydrogen) atoms. The van der Waals surface area contributed by atoms with Gasteiger partial charge in [-0.15, -0.1) is 0 Å². The van der Waals surface area contributed by atoms with Crippen LogP contribution < -0.4 is 4.74 Å². The van der Waals surface area contributed by atoms with E-state index in [1.807, 2.05) is 26.8 Å². The van der Waals surface area contributed by atoms with E-state index in [2.05, 4.69) is 9.97 Å². The number of hydrogen-bond donors (Lipinski definition) is 0. The maximum atomic E-state index is 13.2. The average Bonchev–Trinajstić information content (AvgIpc) is 2.44. The van der Waals surface area contributed by atoms with E-state index in [-0.39, 0.29) is 6.10 Å². The summed E-state index contributed by atoms with van der Waals surface area (Å²) in [5, 5.41) is 9.09. The van der Waals surface area contributed by atoms with Gasteiger partial charge in [0.2, 0.25) is 5.88 Å². The summed E-state index contributed by atoms with van der Waals surface area (Å²) in [6.45, 7) is 5.73. The van der Waals surface area contributed by atoms with Crippen LogP contribution in [0.1, 0.15) is 36.2 Å². The van der Waals surface area contributed by atoms with Gasteiger partial charge >= 0.3 is 0 Å². The third-order valence-electron chi connectivity index (χ3n) is 3.04. The minimum Gasteiger partial charge on any atom is -0.475 e. The normalized spacial score (nSPS) is 10.5. The van der Waals surface area contributed by atoms with E-state index in [0.717, 1.165) is 16.8 Å². The number of nitrogens with zero attached hydrogens (tertiary/aromatic N) is 3. The van der Waals surface area contributed by atoms with Crippen LogP contribution in [-0.4, -0.2) is 16.1 Å². The number of ether oxygens (including phenoxy) is 1. The molecule has 0 amide bonds. The molecular formula is C16H16FN3O. The molecule has 0 unspecified atom stereocenters. The number of aromatic nitrogens is 2. The first-order valence-corrected chi connectivity index (χ1v) is 6.67. The SMILES string of the molecule is Cc1c(Cc2ccc(F)cc2C#N)ncnc1OC(C)C. The molecule has 2 aromatic rings. The van der Waals surface area contributed by atoms with Gasteiger partial charge in [0.1, 0.15) is 12.1 Å². The Morgan fingerprint density at radius 2 is 2.10 bits per heavy atom. The number of nitriles is 1. The molecule has 0 radical (unpaired) electrons. The monoisotopic (exact) mass is 285 g/mol. The van der Waals surface area contributed by atoms with Gasteiger partial charge in [-0.2, -0.15) is 5.26 Å². The zero-order valence-corrected chi connectivity index (χ0v) is 12.2. The predicted octanol–water partition coefficient (Wildman–Crippen LogP) is 3.17. The van der Waals surface area contributed by atoms with Crippen LogP contribution in [0, 0.1) is 24.1 Å². The van der Waals surface area contributed by atoms with Crippen molar-refractivity contribution < 1.29 is 9.13 Å². The zero-order chi connectivity index (χ0) is 15.4. The van der Waals surface area contributed by atoms with Crippen molar-refractivity contribution in [2.75, 3.05) is 0 Å². The summed E-state index contributed by atoms with van der Waals surface area (Å²) in [6.07, 6.45) is 1.90. The summed E-state index contributed by atoms with van der Waals surface area (Å²) in [5.74, 6) is 0.120. The number of hydrogen-bond acceptors (Lipinski definition) is 4. The van der Waals surface area contributed by atoms with Crippen LogP contribution in [0.15, 0.2) is 24.5 Å². The summed E-state index contributed by atoms with van der Waals surface area (Å²) in [6, 6.07) is 6.20. The van der Waals surface area contributed by atoms with Crippen molar-refractivity contribution in [3.05, 3.63) is 52.7 Å². The molecule has 0 aliphatic rings. The summed E-state index contributed by atoms with van der Waals surface area (Å²) in [4.78, 5) is 8.36. The number of halogens is 1. The van der Waals surface area contributed by atoms with Crippen molar-refractivity contribution in [2.45, 2.75) is 33.3 Å². The maximum Gasteiger partial charge on any atom is 0.219 e. The lowest BCUT2D eigenvalue weighted by atomic mass is 10.0. The Morgan fingerprint density at radius 1 is 1.33 bits per heavy atom. The molecule has 0 aliphatic heterocycles. The van der Waals surface area contributed by atoms with E-state index in [1.54, 1.807) is 6.07 Å². The van der Waals surface area contributed by atoms with Crippen LogP contribution in [-0.2, 0) is 6.42 Å². The summed E-state index contributed by atoms with van der Waals surface area (Å²) < 4.78 is 18.8. The third kappa shape index (κ3) is 3.54. The van der Waals surface area contributed by atoms with E-state index >= 15 is 0 Å². The van der Waals surface area contributed by atoms with Crippen molar-refractivity contribution in [3.63, 3.8) is 0 Å². The highest BCUT2D eigenvalue weighted by Gasteiger charge is 2.12. The van der Waals surface area contributed by atoms with Gasteiger partial charge in [0, 0.05) is 12.0 Å². The first kappa shape index (κ1) is 14.9. The highest BCUT2D eigenvalue weighted by Crippen LogP contribution is 2.21. The van der Waals surface area contributed by atoms with Gasteiger partial charge < -0.3 is 4.74 Å². The summed E-state index contributed by atoms with van der Waals surface area (Å²) >= 11 is 0. The van der Waals surface area contributed by atoms with E-state index in [9.17, 15) is 4.39 Å². The molecule has 1 aromatic heterocycles. The second-order valence-electron chi connectivity index (χ2n) is 5.01. The lowest BCUT2D eigenvalue weighted by Crippen LogP contribution is -2.10. The Kier molecular flexibility index (Phi) is 4.49. The molecule has 5 heteroatoms. The molecule has 0 N–H and O–H groups in total. The molecule has 1 aromatic carbocycles. The zero-order valence-electron chi connectivity index (χ0n) is 12.2. The van der Waals surface area contributed by atoms with Crippen LogP contribution in [0.25, 0.3) is 0 Å². The summed E-state index contributed by atoms with van der Waals surface area (Å²) in [7, 11) is 0. The molecule has 0 saturated carbocycles. The molecule has 0 aliphatic carbocycles. The number of rotatable bonds is 4. The molecule has 1 heterocycles. The third-order valence-corrected chi connectivity index (χ3v) is 3.04. The van der Waals surface area contributed by atoms with Crippen molar-refractivity contribution in [1.82, 2.24) is 9.97 Å². The molecule has 0 saturated heterocycles. The predicted molar refractivity (Wildman–Crippen MR) is 76.5 cm³/mol. The van der Waals surface area contributed by atoms with Crippen LogP contribution in [0.4, 0.5) is 4.39 Å². The first-order valence-electron chi connectivity index (χ1n) is 6.67. The van der Waals surface area contributed by atoms with Gasteiger partial charge in [0.15, 0.2) is 0 Å². The smallest absolute Gasteiger partial charge is 0.219 e. The molecule has 0 bridgehead atoms. The van der Waals surface area contributed by atoms with Crippen molar-refractivity contribution >= 4 is 0 Å². The van der Waals surface area contributed by atoms with Gasteiger partial charge in [-0.25, -0.2) is 14.4 Å². The Bertz CT molecular complexity index is 692. The van der Waals surface area contributed by atoms with Gasteiger partial charge in [0.05, 0.1) is 23.4 Å². The van der Waals surface area contributed by atoms with E-state index in [1.165, 1.54) is 18.5 Å². The second kappa shape index (κ2) is 6.31. The largest absolute Gasteiger partial charge is 0.475 e. The molecule has 0 atom stereocenters. The van der Waals surface area contributed by atoms with Gasteiger partial charge in [0.25, 0.3) is 0 Å². The van der Waals surface area contributed by atoms with Crippen LogP contribution >= 0.6 is 0 Å². The second-order valence-corrected chi connectivity index (χ2v) is 5.01. The minimum atomic E-state index is -0.418. The lowest BCUT2D eigenvalue weighted by Gasteiger charge is -2.13. The topological polar surface area (TPSA) is 58.8 Å². The van der Waals surface area contributed by atoms with Crippen LogP contribution in [0.5, 0.6) is 5.88 Å². The van der Waals surface area contributed by atoms with Gasteiger partial charge in [-0.05, 0) is 38.5 Å². The van der Waals surface area contributed by atoms with Crippen LogP contribution in [0.3, 0.4) is 0 Å². The Balaban J connectivity index is 2.34. The van der Waals surface area contributed by atoms with Crippen molar-refractivity contribution in [2.24, 2.45) is 0 Å². The molecule has 4 nitrogen and oxygen atoms in total. The summed E-state index contributed by atoms with van der Waals surface area (Å²) in [5.41, 5.74) is 2.65. The highest BCUT2D eigenvalue weighted by atomic mass is 19.1. The fraction of sp³-hybridized carbons (Fsp3) is 0.312. The molecule has 0 spiro atoms. The van der Waals surface area contributed by atoms with E-state index in [0.29, 0.717) is 17.9 Å². The van der Waals surface area contributed by atoms with E-state index < -0.39 is 5.82 Å². The Morgan fingerprint density at radius 3 is 2.76 bits per heavy atom. The van der Waals surface area contributed by atoms with Crippen molar-refractivity contribution in [3.8, 4) is 11.9 Å². The number of benzene rings is 1. The highest BCUT2D eigenvalue weighted by molar-refractivity contribution is 5.42. The molecule has 108 valence electrons. The van der Waals surface area contributed by atoms with Gasteiger partial charge in [-0.1, -0.05) is 6.07 Å². The van der Waals surface area contributed by atoms with E-state index in [4.69, 9.17) is 10.00 Å². The fourth-order valence-electron chi connectivity index (χ4n) is 1.98. The minimum absolute atomic E-state index is 0.0203. The average molecular weight is 285 g/mol. The lowest BCUT2D eigenvalue weighted by molar-refractivity contribution is 0.230. The van der Waals surface area contributed by atoms with Gasteiger partial charge in [-0.3, -0.25) is 0 Å². The Hall–Kier alpha value is -2.48. The first-order chi connectivity index (χ1) is 10.0. The van der Waals surface area contributed by atoms with Crippen LogP contribution in [0.2, 0.25) is 0 Å². The molecule has 0 fully saturated rings. The Labute approximate surface area is 123 Å². The maximum absolute atomic E-state index is 13.2. The standard InChI is InChI=1S/C16H16FN3O/c1-10(2)21-16-11(3)15(19-9-20-16)7-12-4-5-14(17)6-13(12)8-18/h4-6,9-10H,7H2,1-3H3. The molecule has 2 rings (SSSR count). The van der Waals surface area contributed by atoms with Crippen molar-refractivity contribution in [1.29, 1.82) is 5.26 Å².